The van der Waals surface area contributed by atoms with E-state index in [1.165, 1.54) is 36.4 Å². The summed E-state index contributed by atoms with van der Waals surface area (Å²) in [7, 11) is -18.3. The van der Waals surface area contributed by atoms with Gasteiger partial charge in [0.25, 0.3) is 0 Å². The van der Waals surface area contributed by atoms with E-state index in [9.17, 15) is 62.6 Å². The molecule has 2 aliphatic carbocycles. The van der Waals surface area contributed by atoms with Crippen molar-refractivity contribution in [1.29, 1.82) is 0 Å². The van der Waals surface area contributed by atoms with Gasteiger partial charge in [-0.1, -0.05) is 18.2 Å². The van der Waals surface area contributed by atoms with Gasteiger partial charge >= 0.3 is 59.1 Å². The number of anilines is 8. The number of hydrogen-bond acceptors (Lipinski definition) is 24. The van der Waals surface area contributed by atoms with Crippen molar-refractivity contribution in [2.45, 2.75) is 9.79 Å². The monoisotopic (exact) mass is 1090 g/mol. The van der Waals surface area contributed by atoms with Gasteiger partial charge in [0.1, 0.15) is 43.2 Å². The summed E-state index contributed by atoms with van der Waals surface area (Å²) in [5.41, 5.74) is 2.75. The van der Waals surface area contributed by atoms with E-state index < -0.39 is 84.2 Å². The average Bonchev–Trinajstić information content (AvgIpc) is 3.28. The number of nitrogens with one attached hydrogen (secondary N) is 5. The molecule has 0 saturated carbocycles. The number of phenols is 2. The Morgan fingerprint density at radius 2 is 0.863 bits per heavy atom. The Labute approximate surface area is 459 Å². The van der Waals surface area contributed by atoms with Gasteiger partial charge in [0.15, 0.2) is 19.7 Å². The molecule has 24 nitrogen and oxygen atoms in total. The number of aromatic hydroxyl groups is 2. The maximum atomic E-state index is 13.7. The Morgan fingerprint density at radius 1 is 0.493 bits per heavy atom. The van der Waals surface area contributed by atoms with Crippen LogP contribution in [0.15, 0.2) is 133 Å². The van der Waals surface area contributed by atoms with Crippen LogP contribution in [0.1, 0.15) is 31.8 Å². The van der Waals surface area contributed by atoms with E-state index in [2.05, 4.69) is 52.0 Å². The number of allylic oxidation sites excluding steroid dienone is 2. The average molecular weight is 1090 g/mol. The van der Waals surface area contributed by atoms with Crippen molar-refractivity contribution in [2.24, 2.45) is 10.2 Å². The molecule has 0 atom stereocenters. The van der Waals surface area contributed by atoms with Crippen LogP contribution in [-0.2, 0) is 39.9 Å². The molecule has 0 amide bonds. The smallest absolute Gasteiger partial charge is 0.744 e. The minimum Gasteiger partial charge on any atom is -0.744 e. The fraction of sp³-hybridized carbons (Fsp3) is 0.0465. The summed E-state index contributed by atoms with van der Waals surface area (Å²) in [5, 5.41) is 37.0. The van der Waals surface area contributed by atoms with Crippen LogP contribution in [-0.4, -0.2) is 103 Å². The number of aromatic nitrogens is 3. The van der Waals surface area contributed by atoms with E-state index in [0.717, 1.165) is 61.1 Å². The van der Waals surface area contributed by atoms with Gasteiger partial charge in [-0.25, -0.2) is 33.7 Å². The van der Waals surface area contributed by atoms with Crippen LogP contribution in [0.25, 0.3) is 12.2 Å². The van der Waals surface area contributed by atoms with Gasteiger partial charge in [-0.3, -0.25) is 20.4 Å². The molecule has 0 aliphatic heterocycles. The van der Waals surface area contributed by atoms with Crippen molar-refractivity contribution < 1.29 is 122 Å². The van der Waals surface area contributed by atoms with E-state index in [0.29, 0.717) is 5.69 Å². The van der Waals surface area contributed by atoms with E-state index in [1.54, 1.807) is 30.3 Å². The van der Waals surface area contributed by atoms with Crippen LogP contribution in [0.2, 0.25) is 0 Å². The number of benzene rings is 5. The molecule has 364 valence electrons. The third-order valence-corrected chi connectivity index (χ3v) is 14.1. The van der Waals surface area contributed by atoms with E-state index in [4.69, 9.17) is 0 Å². The molecule has 0 radical (unpaired) electrons. The van der Waals surface area contributed by atoms with Gasteiger partial charge in [0.05, 0.1) is 31.0 Å². The summed E-state index contributed by atoms with van der Waals surface area (Å²) in [5.74, 6) is -3.39. The van der Waals surface area contributed by atoms with E-state index in [1.807, 2.05) is 0 Å². The maximum absolute atomic E-state index is 13.7. The summed E-state index contributed by atoms with van der Waals surface area (Å²) in [6, 6.07) is 22.9. The first-order valence-corrected chi connectivity index (χ1v) is 26.5. The van der Waals surface area contributed by atoms with Crippen molar-refractivity contribution in [3.05, 3.63) is 135 Å². The molecule has 0 unspecified atom stereocenters. The number of ketones is 2. The van der Waals surface area contributed by atoms with Crippen LogP contribution in [0, 0.1) is 0 Å². The molecule has 0 spiro atoms. The molecular weight excluding hydrogens is 1050 g/mol. The number of para-hydroxylation sites is 1. The second kappa shape index (κ2) is 21.6. The summed E-state index contributed by atoms with van der Waals surface area (Å²) in [4.78, 5) is 38.0. The first-order chi connectivity index (χ1) is 33.3. The van der Waals surface area contributed by atoms with Gasteiger partial charge in [0, 0.05) is 40.7 Å². The number of sulfone groups is 2. The number of hydrogen-bond donors (Lipinski definition) is 7. The Balaban J connectivity index is 0.00000435. The Morgan fingerprint density at radius 3 is 1.22 bits per heavy atom. The standard InChI is InChI=1S/C43H34N10O14S4.2Na/c1-68(58,59)27-10-14-33(54)31(20-27)50-52-37-35(70(62,63)64)18-22-16-25(8-12-29(22)39(37)56)45-42-47-41(44-24-6-4-3-5-7-24)48-43(49-42)46-26-9-13-30-23(17-26)19-36(71(65,66)67)38(40(30)57)53-51-32-21-28(69(2,60)61)11-15-34(32)55;;/h3-21,50-51,54-55H,1-2H3,(H,62,63,64)(H,65,66,67)(H3,44,45,46,47,48,49);;/q;2*+1/p-2/b52-37-,53-38+;;. The number of hydrazone groups is 2. The molecule has 30 heteroatoms. The van der Waals surface area contributed by atoms with Crippen molar-refractivity contribution in [2.75, 3.05) is 39.3 Å². The van der Waals surface area contributed by atoms with E-state index >= 15 is 0 Å². The molecule has 0 saturated heterocycles. The van der Waals surface area contributed by atoms with Crippen LogP contribution in [0.3, 0.4) is 0 Å². The molecule has 1 heterocycles. The van der Waals surface area contributed by atoms with Gasteiger partial charge in [0.2, 0.25) is 29.4 Å². The Hall–Kier alpha value is -6.41. The molecule has 73 heavy (non-hydrogen) atoms. The zero-order valence-electron chi connectivity index (χ0n) is 38.1. The number of carbonyl (C=O) groups excluding carboxylic acids is 2. The summed E-state index contributed by atoms with van der Waals surface area (Å²) < 4.78 is 123. The van der Waals surface area contributed by atoms with Gasteiger partial charge in [-0.2, -0.15) is 25.2 Å². The first kappa shape index (κ1) is 55.9. The zero-order chi connectivity index (χ0) is 51.2. The van der Waals surface area contributed by atoms with Crippen LogP contribution < -0.4 is 85.9 Å². The molecule has 7 N–H and O–H groups in total. The fourth-order valence-corrected chi connectivity index (χ4v) is 9.37. The Kier molecular flexibility index (Phi) is 16.5. The molecule has 1 aromatic heterocycles. The van der Waals surface area contributed by atoms with Crippen molar-refractivity contribution in [3.63, 3.8) is 0 Å². The second-order valence-corrected chi connectivity index (χ2v) is 22.0. The van der Waals surface area contributed by atoms with Crippen LogP contribution in [0.4, 0.5) is 46.3 Å². The third-order valence-electron chi connectivity index (χ3n) is 10.1. The summed E-state index contributed by atoms with van der Waals surface area (Å²) in [6.45, 7) is 0. The normalized spacial score (nSPS) is 14.6. The quantitative estimate of drug-likeness (QED) is 0.0280. The van der Waals surface area contributed by atoms with Crippen LogP contribution >= 0.6 is 0 Å². The SMILES string of the molecule is CS(=O)(=O)c1ccc(O)c(N/N=C2/C(=O)c3ccc(Nc4nc(Nc5ccccc5)nc(Nc5ccc6c(c5)C=C(S(=O)(=O)[O-])/C(=N/Nc5cc(S(C)(=O)=O)ccc5O)C6=O)n4)cc3C=C2S(=O)(=O)[O-])c1.[Na+].[Na+]. The molecule has 8 rings (SSSR count). The van der Waals surface area contributed by atoms with Gasteiger partial charge < -0.3 is 35.3 Å². The molecule has 6 aromatic rings. The summed E-state index contributed by atoms with van der Waals surface area (Å²) >= 11 is 0. The van der Waals surface area contributed by atoms with Crippen LogP contribution in [0.5, 0.6) is 11.5 Å². The second-order valence-electron chi connectivity index (χ2n) is 15.3. The van der Waals surface area contributed by atoms with E-state index in [-0.39, 0.29) is 132 Å². The number of rotatable bonds is 14. The molecule has 0 fully saturated rings. The minimum atomic E-state index is -5.39. The molecule has 0 bridgehead atoms. The number of Topliss-reactive ketones (excluding diaryl/α,β-unsaturated/α-hetero) is 2. The third kappa shape index (κ3) is 12.9. The molecule has 2 aliphatic rings. The zero-order valence-corrected chi connectivity index (χ0v) is 45.4. The fourth-order valence-electron chi connectivity index (χ4n) is 6.78. The number of nitrogens with zero attached hydrogens (tertiary/aromatic N) is 5. The molecule has 5 aromatic carbocycles. The molecular formula is C43H32N10Na2O14S4. The van der Waals surface area contributed by atoms with Crippen molar-refractivity contribution >= 4 is 121 Å². The topological polar surface area (TPSA) is 381 Å². The van der Waals surface area contributed by atoms with Crippen molar-refractivity contribution in [1.82, 2.24) is 15.0 Å². The van der Waals surface area contributed by atoms with Gasteiger partial charge in [-0.05, 0) is 108 Å². The Bertz CT molecular complexity index is 3650. The maximum Gasteiger partial charge on any atom is 1.00 e. The number of fused-ring (bicyclic) bond motifs is 2. The number of phenolic OH excluding ortho intramolecular Hbond substituents is 2. The van der Waals surface area contributed by atoms with Gasteiger partial charge in [-0.15, -0.1) is 0 Å². The predicted molar refractivity (Wildman–Crippen MR) is 258 cm³/mol. The predicted octanol–water partition coefficient (Wildman–Crippen LogP) is -1.57. The summed E-state index contributed by atoms with van der Waals surface area (Å²) in [6.07, 6.45) is 3.61. The van der Waals surface area contributed by atoms with Crippen molar-refractivity contribution in [3.8, 4) is 11.5 Å². The minimum absolute atomic E-state index is 0. The first-order valence-electron chi connectivity index (χ1n) is 19.9. The largest absolute Gasteiger partial charge is 1.00 e. The number of carbonyl (C=O) groups is 2.